The highest BCUT2D eigenvalue weighted by Crippen LogP contribution is 2.37. The molecule has 0 radical (unpaired) electrons. The van der Waals surface area contributed by atoms with Crippen LogP contribution in [-0.2, 0) is 0 Å². The van der Waals surface area contributed by atoms with Gasteiger partial charge in [0.25, 0.3) is 5.91 Å². The number of rotatable bonds is 6. The highest BCUT2D eigenvalue weighted by molar-refractivity contribution is 9.10. The molecule has 1 N–H and O–H groups in total. The van der Waals surface area contributed by atoms with Crippen LogP contribution in [0.4, 0.5) is 5.69 Å². The van der Waals surface area contributed by atoms with E-state index >= 15 is 0 Å². The zero-order valence-corrected chi connectivity index (χ0v) is 15.1. The van der Waals surface area contributed by atoms with Gasteiger partial charge < -0.3 is 14.8 Å². The number of anilines is 1. The highest BCUT2D eigenvalue weighted by atomic mass is 79.9. The quantitative estimate of drug-likeness (QED) is 0.774. The van der Waals surface area contributed by atoms with E-state index in [-0.39, 0.29) is 11.8 Å². The highest BCUT2D eigenvalue weighted by Gasteiger charge is 2.17. The van der Waals surface area contributed by atoms with Crippen LogP contribution in [0.5, 0.6) is 11.6 Å². The average molecular weight is 400 g/mol. The Labute approximate surface area is 148 Å². The summed E-state index contributed by atoms with van der Waals surface area (Å²) < 4.78 is 11.6. The van der Waals surface area contributed by atoms with Crippen molar-refractivity contribution in [3.8, 4) is 11.6 Å². The van der Waals surface area contributed by atoms with Crippen LogP contribution in [0, 0.1) is 0 Å². The summed E-state index contributed by atoms with van der Waals surface area (Å²) >= 11 is 9.45. The number of carbonyl (C=O) groups excluding carboxylic acids is 1. The molecule has 0 atom stereocenters. The number of hydrogen-bond donors (Lipinski definition) is 1. The van der Waals surface area contributed by atoms with Gasteiger partial charge in [0.15, 0.2) is 5.75 Å². The molecule has 0 saturated heterocycles. The Bertz CT molecular complexity index is 710. The number of benzene rings is 1. The first kappa shape index (κ1) is 17.6. The lowest BCUT2D eigenvalue weighted by molar-refractivity contribution is 0.102. The molecule has 0 fully saturated rings. The van der Waals surface area contributed by atoms with Crippen LogP contribution in [0.3, 0.4) is 0 Å². The van der Waals surface area contributed by atoms with Crippen molar-refractivity contribution in [2.45, 2.75) is 13.8 Å². The molecular formula is C16H16BrClN2O3. The smallest absolute Gasteiger partial charge is 0.261 e. The largest absolute Gasteiger partial charge is 0.491 e. The minimum Gasteiger partial charge on any atom is -0.491 e. The van der Waals surface area contributed by atoms with Gasteiger partial charge in [-0.05, 0) is 54.0 Å². The second-order valence-electron chi connectivity index (χ2n) is 4.44. The van der Waals surface area contributed by atoms with Crippen LogP contribution >= 0.6 is 27.5 Å². The maximum atomic E-state index is 12.5. The normalized spacial score (nSPS) is 10.3. The summed E-state index contributed by atoms with van der Waals surface area (Å²) in [5.41, 5.74) is 0.815. The number of ether oxygens (including phenoxy) is 2. The number of pyridine rings is 1. The van der Waals surface area contributed by atoms with E-state index < -0.39 is 0 Å². The van der Waals surface area contributed by atoms with E-state index in [0.717, 1.165) is 0 Å². The van der Waals surface area contributed by atoms with Gasteiger partial charge in [-0.2, -0.15) is 0 Å². The summed E-state index contributed by atoms with van der Waals surface area (Å²) in [7, 11) is 0. The van der Waals surface area contributed by atoms with Gasteiger partial charge in [-0.25, -0.2) is 4.98 Å². The van der Waals surface area contributed by atoms with E-state index in [9.17, 15) is 4.79 Å². The monoisotopic (exact) mass is 398 g/mol. The number of aromatic nitrogens is 1. The van der Waals surface area contributed by atoms with Crippen LogP contribution in [-0.4, -0.2) is 24.1 Å². The Morgan fingerprint density at radius 1 is 1.30 bits per heavy atom. The van der Waals surface area contributed by atoms with Crippen LogP contribution in [0.2, 0.25) is 5.02 Å². The molecule has 5 nitrogen and oxygen atoms in total. The van der Waals surface area contributed by atoms with Crippen LogP contribution < -0.4 is 14.8 Å². The van der Waals surface area contributed by atoms with Crippen molar-refractivity contribution in [2.24, 2.45) is 0 Å². The molecule has 1 amide bonds. The van der Waals surface area contributed by atoms with E-state index in [2.05, 4.69) is 26.2 Å². The van der Waals surface area contributed by atoms with E-state index in [0.29, 0.717) is 39.7 Å². The van der Waals surface area contributed by atoms with Gasteiger partial charge in [0.05, 0.1) is 23.4 Å². The van der Waals surface area contributed by atoms with E-state index in [1.54, 1.807) is 30.5 Å². The van der Waals surface area contributed by atoms with Crippen LogP contribution in [0.1, 0.15) is 24.2 Å². The molecule has 0 aliphatic rings. The third-order valence-electron chi connectivity index (χ3n) is 2.84. The molecule has 122 valence electrons. The summed E-state index contributed by atoms with van der Waals surface area (Å²) in [5.74, 6) is 0.454. The first-order valence-corrected chi connectivity index (χ1v) is 8.24. The Morgan fingerprint density at radius 3 is 2.74 bits per heavy atom. The van der Waals surface area contributed by atoms with Crippen LogP contribution in [0.15, 0.2) is 34.9 Å². The molecule has 2 rings (SSSR count). The maximum absolute atomic E-state index is 12.5. The Kier molecular flexibility index (Phi) is 6.24. The van der Waals surface area contributed by atoms with Gasteiger partial charge in [-0.3, -0.25) is 4.79 Å². The molecular weight excluding hydrogens is 384 g/mol. The molecule has 0 saturated carbocycles. The first-order chi connectivity index (χ1) is 11.1. The van der Waals surface area contributed by atoms with Crippen molar-refractivity contribution in [1.82, 2.24) is 4.98 Å². The number of amides is 1. The Hall–Kier alpha value is -1.79. The first-order valence-electron chi connectivity index (χ1n) is 7.07. The van der Waals surface area contributed by atoms with E-state index in [4.69, 9.17) is 21.1 Å². The minimum atomic E-state index is -0.350. The molecule has 23 heavy (non-hydrogen) atoms. The van der Waals surface area contributed by atoms with Crippen molar-refractivity contribution in [3.05, 3.63) is 45.5 Å². The number of halogens is 2. The number of nitrogens with one attached hydrogen (secondary N) is 1. The van der Waals surface area contributed by atoms with Crippen molar-refractivity contribution in [2.75, 3.05) is 18.5 Å². The molecule has 1 aromatic carbocycles. The fourth-order valence-electron chi connectivity index (χ4n) is 1.95. The van der Waals surface area contributed by atoms with E-state index in [1.165, 1.54) is 0 Å². The fourth-order valence-corrected chi connectivity index (χ4v) is 2.87. The summed E-state index contributed by atoms with van der Waals surface area (Å²) in [6, 6.07) is 6.66. The molecule has 0 aliphatic heterocycles. The van der Waals surface area contributed by atoms with Gasteiger partial charge in [0.1, 0.15) is 5.56 Å². The van der Waals surface area contributed by atoms with Gasteiger partial charge in [0.2, 0.25) is 5.88 Å². The third kappa shape index (κ3) is 4.36. The lowest BCUT2D eigenvalue weighted by Crippen LogP contribution is -2.15. The predicted molar refractivity (Wildman–Crippen MR) is 93.7 cm³/mol. The van der Waals surface area contributed by atoms with Crippen molar-refractivity contribution in [3.63, 3.8) is 0 Å². The molecule has 7 heteroatoms. The van der Waals surface area contributed by atoms with E-state index in [1.807, 2.05) is 13.8 Å². The van der Waals surface area contributed by atoms with Crippen molar-refractivity contribution >= 4 is 39.1 Å². The summed E-state index contributed by atoms with van der Waals surface area (Å²) in [6.07, 6.45) is 1.57. The summed E-state index contributed by atoms with van der Waals surface area (Å²) in [6.45, 7) is 4.57. The molecule has 1 heterocycles. The van der Waals surface area contributed by atoms with Gasteiger partial charge in [-0.1, -0.05) is 11.6 Å². The zero-order valence-electron chi connectivity index (χ0n) is 12.7. The molecule has 0 aliphatic carbocycles. The fraction of sp³-hybridized carbons (Fsp3) is 0.250. The number of nitrogens with zero attached hydrogens (tertiary/aromatic N) is 1. The lowest BCUT2D eigenvalue weighted by Gasteiger charge is -2.14. The van der Waals surface area contributed by atoms with Crippen molar-refractivity contribution < 1.29 is 14.3 Å². The molecule has 1 aromatic heterocycles. The second kappa shape index (κ2) is 8.17. The SMILES string of the molecule is CCOc1ncccc1C(=O)Nc1cc(Cl)cc(Br)c1OCC. The predicted octanol–water partition coefficient (Wildman–Crippen LogP) is 4.55. The Morgan fingerprint density at radius 2 is 2.04 bits per heavy atom. The number of carbonyl (C=O) groups is 1. The van der Waals surface area contributed by atoms with Crippen LogP contribution in [0.25, 0.3) is 0 Å². The number of hydrogen-bond acceptors (Lipinski definition) is 4. The van der Waals surface area contributed by atoms with Gasteiger partial charge >= 0.3 is 0 Å². The standard InChI is InChI=1S/C16H16BrClN2O3/c1-3-22-14-12(17)8-10(18)9-13(14)20-15(21)11-6-5-7-19-16(11)23-4-2/h5-9H,3-4H2,1-2H3,(H,20,21). The molecule has 0 bridgehead atoms. The molecule has 0 unspecified atom stereocenters. The molecule has 0 spiro atoms. The van der Waals surface area contributed by atoms with Gasteiger partial charge in [0, 0.05) is 11.2 Å². The van der Waals surface area contributed by atoms with Crippen molar-refractivity contribution in [1.29, 1.82) is 0 Å². The van der Waals surface area contributed by atoms with Gasteiger partial charge in [-0.15, -0.1) is 0 Å². The second-order valence-corrected chi connectivity index (χ2v) is 5.73. The zero-order chi connectivity index (χ0) is 16.8. The minimum absolute atomic E-state index is 0.284. The summed E-state index contributed by atoms with van der Waals surface area (Å²) in [5, 5.41) is 3.27. The Balaban J connectivity index is 2.34. The molecule has 2 aromatic rings. The third-order valence-corrected chi connectivity index (χ3v) is 3.65. The lowest BCUT2D eigenvalue weighted by atomic mass is 10.2. The average Bonchev–Trinajstić information content (AvgIpc) is 2.51. The topological polar surface area (TPSA) is 60.5 Å². The maximum Gasteiger partial charge on any atom is 0.261 e. The summed E-state index contributed by atoms with van der Waals surface area (Å²) in [4.78, 5) is 16.6.